The minimum absolute atomic E-state index is 0.0371. The standard InChI is InChI=1S/C26H33F3N4O3/c1-25(2,3)36-24(35)32-11-9-17(10-12-32)15-33(23(34)26(27,28)29)22-13-21(22)19-7-5-18(6-8-19)20-14-30-31(4)16-20/h5-8,14,16-17,21-22H,9-13,15H2,1-4H3/t21-,22+/m0/s1. The van der Waals surface area contributed by atoms with E-state index in [2.05, 4.69) is 5.10 Å². The summed E-state index contributed by atoms with van der Waals surface area (Å²) >= 11 is 0. The third kappa shape index (κ3) is 6.20. The molecule has 10 heteroatoms. The lowest BCUT2D eigenvalue weighted by Gasteiger charge is -2.36. The SMILES string of the molecule is Cn1cc(-c2ccc([C@@H]3C[C@H]3N(CC3CCN(C(=O)OC(C)(C)C)CC3)C(=O)C(F)(F)F)cc2)cn1. The fraction of sp³-hybridized carbons (Fsp3) is 0.577. The van der Waals surface area contributed by atoms with Gasteiger partial charge < -0.3 is 14.5 Å². The number of likely N-dealkylation sites (tertiary alicyclic amines) is 1. The van der Waals surface area contributed by atoms with Gasteiger partial charge in [0.15, 0.2) is 0 Å². The molecular weight excluding hydrogens is 473 g/mol. The van der Waals surface area contributed by atoms with Crippen molar-refractivity contribution >= 4 is 12.0 Å². The predicted molar refractivity (Wildman–Crippen MR) is 128 cm³/mol. The normalized spacial score (nSPS) is 20.8. The molecule has 4 rings (SSSR count). The van der Waals surface area contributed by atoms with Crippen LogP contribution in [0.15, 0.2) is 36.7 Å². The average Bonchev–Trinajstić information content (AvgIpc) is 3.47. The Labute approximate surface area is 209 Å². The first-order valence-corrected chi connectivity index (χ1v) is 12.3. The summed E-state index contributed by atoms with van der Waals surface area (Å²) in [4.78, 5) is 27.3. The summed E-state index contributed by atoms with van der Waals surface area (Å²) in [5.41, 5.74) is 2.25. The van der Waals surface area contributed by atoms with Crippen molar-refractivity contribution in [2.24, 2.45) is 13.0 Å². The zero-order valence-corrected chi connectivity index (χ0v) is 21.1. The van der Waals surface area contributed by atoms with Gasteiger partial charge in [-0.05, 0) is 57.1 Å². The van der Waals surface area contributed by atoms with E-state index < -0.39 is 29.8 Å². The van der Waals surface area contributed by atoms with Crippen LogP contribution in [0, 0.1) is 5.92 Å². The quantitative estimate of drug-likeness (QED) is 0.574. The van der Waals surface area contributed by atoms with E-state index in [1.807, 2.05) is 37.5 Å². The van der Waals surface area contributed by atoms with E-state index in [1.165, 1.54) is 0 Å². The molecule has 0 radical (unpaired) electrons. The molecule has 2 atom stereocenters. The van der Waals surface area contributed by atoms with Gasteiger partial charge in [-0.2, -0.15) is 18.3 Å². The molecule has 2 aliphatic rings. The molecule has 1 aromatic carbocycles. The lowest BCUT2D eigenvalue weighted by atomic mass is 9.96. The first-order chi connectivity index (χ1) is 16.8. The van der Waals surface area contributed by atoms with E-state index in [0.29, 0.717) is 32.4 Å². The first kappa shape index (κ1) is 26.0. The molecule has 2 aromatic rings. The van der Waals surface area contributed by atoms with Crippen molar-refractivity contribution < 1.29 is 27.5 Å². The smallest absolute Gasteiger partial charge is 0.444 e. The lowest BCUT2D eigenvalue weighted by molar-refractivity contribution is -0.187. The molecule has 0 spiro atoms. The maximum atomic E-state index is 13.5. The van der Waals surface area contributed by atoms with E-state index in [0.717, 1.165) is 21.6 Å². The minimum atomic E-state index is -4.92. The number of carbonyl (C=O) groups excluding carboxylic acids is 2. The van der Waals surface area contributed by atoms with E-state index in [4.69, 9.17) is 4.74 Å². The van der Waals surface area contributed by atoms with E-state index in [-0.39, 0.29) is 18.4 Å². The highest BCUT2D eigenvalue weighted by molar-refractivity contribution is 5.82. The van der Waals surface area contributed by atoms with Crippen LogP contribution in [0.25, 0.3) is 11.1 Å². The number of halogens is 3. The number of alkyl halides is 3. The Bertz CT molecular complexity index is 1080. The van der Waals surface area contributed by atoms with Gasteiger partial charge in [-0.15, -0.1) is 0 Å². The molecule has 0 N–H and O–H groups in total. The second kappa shape index (κ2) is 9.78. The van der Waals surface area contributed by atoms with Crippen LogP contribution < -0.4 is 0 Å². The third-order valence-corrected chi connectivity index (χ3v) is 6.76. The maximum Gasteiger partial charge on any atom is 0.471 e. The number of carbonyl (C=O) groups is 2. The number of aryl methyl sites for hydroxylation is 1. The summed E-state index contributed by atoms with van der Waals surface area (Å²) in [5.74, 6) is -2.01. The van der Waals surface area contributed by atoms with Crippen molar-refractivity contribution in [3.8, 4) is 11.1 Å². The molecule has 2 amide bonds. The molecule has 2 heterocycles. The predicted octanol–water partition coefficient (Wildman–Crippen LogP) is 4.98. The monoisotopic (exact) mass is 506 g/mol. The van der Waals surface area contributed by atoms with Crippen LogP contribution in [0.4, 0.5) is 18.0 Å². The number of ether oxygens (including phenoxy) is 1. The Morgan fingerprint density at radius 1 is 1.08 bits per heavy atom. The molecule has 0 unspecified atom stereocenters. The number of aromatic nitrogens is 2. The fourth-order valence-corrected chi connectivity index (χ4v) is 4.81. The number of nitrogens with zero attached hydrogens (tertiary/aromatic N) is 4. The van der Waals surface area contributed by atoms with Gasteiger partial charge in [0.05, 0.1) is 6.20 Å². The third-order valence-electron chi connectivity index (χ3n) is 6.76. The van der Waals surface area contributed by atoms with Crippen LogP contribution in [-0.2, 0) is 16.6 Å². The second-order valence-corrected chi connectivity index (χ2v) is 10.8. The molecule has 7 nitrogen and oxygen atoms in total. The maximum absolute atomic E-state index is 13.5. The summed E-state index contributed by atoms with van der Waals surface area (Å²) in [7, 11) is 1.83. The van der Waals surface area contributed by atoms with E-state index in [9.17, 15) is 22.8 Å². The molecular formula is C26H33F3N4O3. The van der Waals surface area contributed by atoms with Crippen LogP contribution in [0.2, 0.25) is 0 Å². The summed E-state index contributed by atoms with van der Waals surface area (Å²) < 4.78 is 47.5. The summed E-state index contributed by atoms with van der Waals surface area (Å²) in [6.07, 6.45) is -0.129. The van der Waals surface area contributed by atoms with E-state index >= 15 is 0 Å². The van der Waals surface area contributed by atoms with Crippen LogP contribution >= 0.6 is 0 Å². The minimum Gasteiger partial charge on any atom is -0.444 e. The van der Waals surface area contributed by atoms with Gasteiger partial charge in [0.2, 0.25) is 0 Å². The summed E-state index contributed by atoms with van der Waals surface area (Å²) in [5, 5.41) is 4.16. The first-order valence-electron chi connectivity index (χ1n) is 12.3. The zero-order chi connectivity index (χ0) is 26.3. The molecule has 1 aromatic heterocycles. The Morgan fingerprint density at radius 3 is 2.25 bits per heavy atom. The van der Waals surface area contributed by atoms with Crippen molar-refractivity contribution in [3.05, 3.63) is 42.2 Å². The zero-order valence-electron chi connectivity index (χ0n) is 21.1. The van der Waals surface area contributed by atoms with Crippen LogP contribution in [0.1, 0.15) is 51.5 Å². The second-order valence-electron chi connectivity index (χ2n) is 10.8. The van der Waals surface area contributed by atoms with Crippen molar-refractivity contribution in [2.45, 2.75) is 63.8 Å². The molecule has 1 aliphatic carbocycles. The molecule has 1 saturated carbocycles. The van der Waals surface area contributed by atoms with Crippen molar-refractivity contribution in [2.75, 3.05) is 19.6 Å². The van der Waals surface area contributed by atoms with Gasteiger partial charge in [0.25, 0.3) is 0 Å². The molecule has 196 valence electrons. The number of hydrogen-bond acceptors (Lipinski definition) is 4. The van der Waals surface area contributed by atoms with Crippen molar-refractivity contribution in [1.82, 2.24) is 19.6 Å². The van der Waals surface area contributed by atoms with Crippen LogP contribution in [0.5, 0.6) is 0 Å². The molecule has 1 aliphatic heterocycles. The van der Waals surface area contributed by atoms with Crippen LogP contribution in [-0.4, -0.2) is 69.0 Å². The van der Waals surface area contributed by atoms with Gasteiger partial charge in [0, 0.05) is 50.4 Å². The largest absolute Gasteiger partial charge is 0.471 e. The number of rotatable bonds is 5. The molecule has 2 fully saturated rings. The Kier molecular flexibility index (Phi) is 7.07. The molecule has 0 bridgehead atoms. The number of amides is 2. The number of piperidine rings is 1. The van der Waals surface area contributed by atoms with Crippen molar-refractivity contribution in [1.29, 1.82) is 0 Å². The van der Waals surface area contributed by atoms with Gasteiger partial charge >= 0.3 is 18.2 Å². The van der Waals surface area contributed by atoms with Gasteiger partial charge in [-0.25, -0.2) is 4.79 Å². The van der Waals surface area contributed by atoms with Gasteiger partial charge in [-0.1, -0.05) is 24.3 Å². The molecule has 1 saturated heterocycles. The molecule has 36 heavy (non-hydrogen) atoms. The highest BCUT2D eigenvalue weighted by Gasteiger charge is 2.52. The Balaban J connectivity index is 1.40. The fourth-order valence-electron chi connectivity index (χ4n) is 4.81. The average molecular weight is 507 g/mol. The number of hydrogen-bond donors (Lipinski definition) is 0. The highest BCUT2D eigenvalue weighted by Crippen LogP contribution is 2.46. The van der Waals surface area contributed by atoms with Crippen molar-refractivity contribution in [3.63, 3.8) is 0 Å². The lowest BCUT2D eigenvalue weighted by Crippen LogP contribution is -2.48. The van der Waals surface area contributed by atoms with Gasteiger partial charge in [-0.3, -0.25) is 9.48 Å². The van der Waals surface area contributed by atoms with Gasteiger partial charge in [0.1, 0.15) is 5.60 Å². The summed E-state index contributed by atoms with van der Waals surface area (Å²) in [6.45, 7) is 6.20. The van der Waals surface area contributed by atoms with Crippen LogP contribution in [0.3, 0.4) is 0 Å². The Morgan fingerprint density at radius 2 is 1.72 bits per heavy atom. The van der Waals surface area contributed by atoms with E-state index in [1.54, 1.807) is 36.5 Å². The summed E-state index contributed by atoms with van der Waals surface area (Å²) in [6, 6.07) is 7.23. The highest BCUT2D eigenvalue weighted by atomic mass is 19.4. The number of benzene rings is 1. The topological polar surface area (TPSA) is 67.7 Å². The Hall–Kier alpha value is -3.04.